The minimum atomic E-state index is 0.219. The summed E-state index contributed by atoms with van der Waals surface area (Å²) in [6, 6.07) is 0. The third kappa shape index (κ3) is 15.4. The molecule has 0 aliphatic rings. The molecule has 0 aliphatic carbocycles. The summed E-state index contributed by atoms with van der Waals surface area (Å²) < 4.78 is 0. The van der Waals surface area contributed by atoms with Crippen molar-refractivity contribution in [2.45, 2.75) is 71.1 Å². The fraction of sp³-hybridized carbons (Fsp3) is 0.938. The summed E-state index contributed by atoms with van der Waals surface area (Å²) >= 11 is 0. The van der Waals surface area contributed by atoms with Gasteiger partial charge in [0.1, 0.15) is 0 Å². The van der Waals surface area contributed by atoms with Gasteiger partial charge in [0.2, 0.25) is 5.91 Å². The molecule has 0 unspecified atom stereocenters. The zero-order chi connectivity index (χ0) is 14.9. The Bertz CT molecular complexity index is 210. The molecule has 0 radical (unpaired) electrons. The van der Waals surface area contributed by atoms with Gasteiger partial charge in [0, 0.05) is 13.0 Å². The van der Waals surface area contributed by atoms with Crippen LogP contribution in [0.5, 0.6) is 0 Å². The predicted octanol–water partition coefficient (Wildman–Crippen LogP) is 2.57. The number of amides is 1. The van der Waals surface area contributed by atoms with E-state index in [-0.39, 0.29) is 5.91 Å². The highest BCUT2D eigenvalue weighted by molar-refractivity contribution is 5.75. The predicted molar refractivity (Wildman–Crippen MR) is 86.8 cm³/mol. The Morgan fingerprint density at radius 1 is 0.850 bits per heavy atom. The van der Waals surface area contributed by atoms with Gasteiger partial charge in [0.15, 0.2) is 0 Å². The minimum absolute atomic E-state index is 0.219. The SMILES string of the molecule is CCCCCCCCC(=O)NCCCCNCCCN. The van der Waals surface area contributed by atoms with Crippen molar-refractivity contribution in [2.75, 3.05) is 26.2 Å². The van der Waals surface area contributed by atoms with Gasteiger partial charge in [-0.15, -0.1) is 0 Å². The van der Waals surface area contributed by atoms with E-state index in [0.29, 0.717) is 6.42 Å². The number of carbonyl (C=O) groups excluding carboxylic acids is 1. The molecule has 0 saturated heterocycles. The van der Waals surface area contributed by atoms with Crippen LogP contribution in [0, 0.1) is 0 Å². The summed E-state index contributed by atoms with van der Waals surface area (Å²) in [6.07, 6.45) is 11.3. The van der Waals surface area contributed by atoms with Crippen molar-refractivity contribution in [1.82, 2.24) is 10.6 Å². The van der Waals surface area contributed by atoms with Crippen LogP contribution in [-0.4, -0.2) is 32.1 Å². The van der Waals surface area contributed by atoms with E-state index in [4.69, 9.17) is 5.73 Å². The Hall–Kier alpha value is -0.610. The minimum Gasteiger partial charge on any atom is -0.356 e. The normalized spacial score (nSPS) is 10.7. The van der Waals surface area contributed by atoms with Crippen LogP contribution in [0.3, 0.4) is 0 Å². The van der Waals surface area contributed by atoms with Gasteiger partial charge < -0.3 is 16.4 Å². The van der Waals surface area contributed by atoms with Crippen LogP contribution in [0.15, 0.2) is 0 Å². The summed E-state index contributed by atoms with van der Waals surface area (Å²) in [5.41, 5.74) is 5.41. The van der Waals surface area contributed by atoms with E-state index in [1.54, 1.807) is 0 Å². The molecule has 1 amide bonds. The molecule has 20 heavy (non-hydrogen) atoms. The molecule has 0 aromatic carbocycles. The van der Waals surface area contributed by atoms with Gasteiger partial charge in [-0.05, 0) is 45.3 Å². The second kappa shape index (κ2) is 16.4. The number of nitrogens with two attached hydrogens (primary N) is 1. The topological polar surface area (TPSA) is 67.2 Å². The van der Waals surface area contributed by atoms with Crippen molar-refractivity contribution in [3.63, 3.8) is 0 Å². The highest BCUT2D eigenvalue weighted by Crippen LogP contribution is 2.06. The van der Waals surface area contributed by atoms with E-state index in [0.717, 1.165) is 51.9 Å². The molecule has 0 aromatic rings. The first-order valence-electron chi connectivity index (χ1n) is 8.48. The Morgan fingerprint density at radius 3 is 2.25 bits per heavy atom. The lowest BCUT2D eigenvalue weighted by Crippen LogP contribution is -2.25. The maximum Gasteiger partial charge on any atom is 0.219 e. The van der Waals surface area contributed by atoms with E-state index in [1.165, 1.54) is 32.1 Å². The van der Waals surface area contributed by atoms with Gasteiger partial charge in [-0.1, -0.05) is 39.0 Å². The Kier molecular flexibility index (Phi) is 15.9. The molecule has 4 heteroatoms. The Labute approximate surface area is 125 Å². The quantitative estimate of drug-likeness (QED) is 0.405. The molecular weight excluding hydrogens is 250 g/mol. The molecule has 0 aromatic heterocycles. The maximum atomic E-state index is 11.6. The highest BCUT2D eigenvalue weighted by Gasteiger charge is 2.00. The van der Waals surface area contributed by atoms with E-state index < -0.39 is 0 Å². The molecule has 0 saturated carbocycles. The molecule has 4 N–H and O–H groups in total. The monoisotopic (exact) mass is 285 g/mol. The Morgan fingerprint density at radius 2 is 1.50 bits per heavy atom. The van der Waals surface area contributed by atoms with Gasteiger partial charge in [0.05, 0.1) is 0 Å². The van der Waals surface area contributed by atoms with E-state index >= 15 is 0 Å². The van der Waals surface area contributed by atoms with Crippen molar-refractivity contribution < 1.29 is 4.79 Å². The standard InChI is InChI=1S/C16H35N3O/c1-2-3-4-5-6-7-11-16(20)19-15-9-8-13-18-14-10-12-17/h18H,2-15,17H2,1H3,(H,19,20). The first kappa shape index (κ1) is 19.4. The van der Waals surface area contributed by atoms with Crippen LogP contribution >= 0.6 is 0 Å². The fourth-order valence-electron chi connectivity index (χ4n) is 2.11. The van der Waals surface area contributed by atoms with Crippen molar-refractivity contribution >= 4 is 5.91 Å². The molecule has 120 valence electrons. The van der Waals surface area contributed by atoms with Crippen LogP contribution in [0.25, 0.3) is 0 Å². The van der Waals surface area contributed by atoms with E-state index in [1.807, 2.05) is 0 Å². The molecule has 0 atom stereocenters. The molecule has 0 aliphatic heterocycles. The number of carbonyl (C=O) groups is 1. The maximum absolute atomic E-state index is 11.6. The van der Waals surface area contributed by atoms with Gasteiger partial charge in [-0.2, -0.15) is 0 Å². The molecule has 0 bridgehead atoms. The number of hydrogen-bond donors (Lipinski definition) is 3. The van der Waals surface area contributed by atoms with Gasteiger partial charge in [-0.3, -0.25) is 4.79 Å². The lowest BCUT2D eigenvalue weighted by atomic mass is 10.1. The molecular formula is C16H35N3O. The molecule has 4 nitrogen and oxygen atoms in total. The van der Waals surface area contributed by atoms with Crippen LogP contribution in [0.2, 0.25) is 0 Å². The molecule has 0 spiro atoms. The number of nitrogens with one attached hydrogen (secondary N) is 2. The van der Waals surface area contributed by atoms with Gasteiger partial charge in [0.25, 0.3) is 0 Å². The van der Waals surface area contributed by atoms with Crippen LogP contribution < -0.4 is 16.4 Å². The Balaban J connectivity index is 3.12. The molecule has 0 heterocycles. The van der Waals surface area contributed by atoms with E-state index in [2.05, 4.69) is 17.6 Å². The second-order valence-electron chi connectivity index (χ2n) is 5.47. The number of hydrogen-bond acceptors (Lipinski definition) is 3. The van der Waals surface area contributed by atoms with Crippen molar-refractivity contribution in [3.8, 4) is 0 Å². The summed E-state index contributed by atoms with van der Waals surface area (Å²) in [6.45, 7) is 5.81. The lowest BCUT2D eigenvalue weighted by Gasteiger charge is -2.06. The second-order valence-corrected chi connectivity index (χ2v) is 5.47. The fourth-order valence-corrected chi connectivity index (χ4v) is 2.11. The lowest BCUT2D eigenvalue weighted by molar-refractivity contribution is -0.121. The van der Waals surface area contributed by atoms with Crippen molar-refractivity contribution in [3.05, 3.63) is 0 Å². The average molecular weight is 285 g/mol. The summed E-state index contributed by atoms with van der Waals surface area (Å²) in [7, 11) is 0. The zero-order valence-corrected chi connectivity index (χ0v) is 13.4. The largest absolute Gasteiger partial charge is 0.356 e. The molecule has 0 fully saturated rings. The zero-order valence-electron chi connectivity index (χ0n) is 13.4. The summed E-state index contributed by atoms with van der Waals surface area (Å²) in [4.78, 5) is 11.6. The van der Waals surface area contributed by atoms with E-state index in [9.17, 15) is 4.79 Å². The van der Waals surface area contributed by atoms with Gasteiger partial charge >= 0.3 is 0 Å². The van der Waals surface area contributed by atoms with Crippen LogP contribution in [0.4, 0.5) is 0 Å². The van der Waals surface area contributed by atoms with Gasteiger partial charge in [-0.25, -0.2) is 0 Å². The van der Waals surface area contributed by atoms with Crippen LogP contribution in [-0.2, 0) is 4.79 Å². The summed E-state index contributed by atoms with van der Waals surface area (Å²) in [5.74, 6) is 0.219. The third-order valence-corrected chi connectivity index (χ3v) is 3.42. The average Bonchev–Trinajstić information content (AvgIpc) is 2.45. The smallest absolute Gasteiger partial charge is 0.219 e. The van der Waals surface area contributed by atoms with Crippen LogP contribution in [0.1, 0.15) is 71.1 Å². The highest BCUT2D eigenvalue weighted by atomic mass is 16.1. The first-order chi connectivity index (χ1) is 9.81. The summed E-state index contributed by atoms with van der Waals surface area (Å²) in [5, 5.41) is 6.34. The number of rotatable bonds is 15. The van der Waals surface area contributed by atoms with Crippen molar-refractivity contribution in [1.29, 1.82) is 0 Å². The molecule has 0 rings (SSSR count). The first-order valence-corrected chi connectivity index (χ1v) is 8.48. The number of unbranched alkanes of at least 4 members (excludes halogenated alkanes) is 6. The van der Waals surface area contributed by atoms with Crippen molar-refractivity contribution in [2.24, 2.45) is 5.73 Å². The third-order valence-electron chi connectivity index (χ3n) is 3.42.